The van der Waals surface area contributed by atoms with Crippen LogP contribution in [0.4, 0.5) is 0 Å². The van der Waals surface area contributed by atoms with Gasteiger partial charge < -0.3 is 4.57 Å². The fraction of sp³-hybridized carbons (Fsp3) is 0.111. The predicted molar refractivity (Wildman–Crippen MR) is 94.1 cm³/mol. The van der Waals surface area contributed by atoms with Gasteiger partial charge >= 0.3 is 0 Å². The summed E-state index contributed by atoms with van der Waals surface area (Å²) in [4.78, 5) is 0. The minimum absolute atomic E-state index is 0.903. The average molecular weight is 373 g/mol. The molecule has 2 aromatic carbocycles. The zero-order valence-corrected chi connectivity index (χ0v) is 13.4. The molecule has 0 amide bonds. The SMILES string of the molecule is C=CCc1c(I)c2ccccc2n1Cc1ccccc1. The van der Waals surface area contributed by atoms with Crippen molar-refractivity contribution in [1.29, 1.82) is 0 Å². The first-order valence-corrected chi connectivity index (χ1v) is 7.79. The first-order valence-electron chi connectivity index (χ1n) is 6.71. The van der Waals surface area contributed by atoms with E-state index in [4.69, 9.17) is 0 Å². The lowest BCUT2D eigenvalue weighted by molar-refractivity contribution is 0.786. The molecule has 0 aliphatic carbocycles. The summed E-state index contributed by atoms with van der Waals surface area (Å²) in [5, 5.41) is 1.33. The molecule has 2 heteroatoms. The molecular weight excluding hydrogens is 357 g/mol. The molecule has 0 N–H and O–H groups in total. The van der Waals surface area contributed by atoms with Crippen LogP contribution in [0.3, 0.4) is 0 Å². The number of para-hydroxylation sites is 1. The third kappa shape index (κ3) is 2.40. The van der Waals surface area contributed by atoms with E-state index in [2.05, 4.69) is 88.3 Å². The van der Waals surface area contributed by atoms with E-state index in [-0.39, 0.29) is 0 Å². The summed E-state index contributed by atoms with van der Waals surface area (Å²) in [6, 6.07) is 19.2. The Kier molecular flexibility index (Phi) is 3.92. The smallest absolute Gasteiger partial charge is 0.0496 e. The van der Waals surface area contributed by atoms with Crippen molar-refractivity contribution in [2.45, 2.75) is 13.0 Å². The summed E-state index contributed by atoms with van der Waals surface area (Å²) in [5.74, 6) is 0. The van der Waals surface area contributed by atoms with E-state index in [1.165, 1.54) is 25.7 Å². The molecule has 0 fully saturated rings. The molecule has 0 bridgehead atoms. The molecular formula is C18H16IN. The van der Waals surface area contributed by atoms with E-state index in [1.54, 1.807) is 0 Å². The molecule has 0 unspecified atom stereocenters. The fourth-order valence-corrected chi connectivity index (χ4v) is 3.56. The monoisotopic (exact) mass is 373 g/mol. The predicted octanol–water partition coefficient (Wildman–Crippen LogP) is 5.02. The maximum Gasteiger partial charge on any atom is 0.0496 e. The number of aromatic nitrogens is 1. The zero-order chi connectivity index (χ0) is 13.9. The van der Waals surface area contributed by atoms with Crippen molar-refractivity contribution < 1.29 is 0 Å². The maximum absolute atomic E-state index is 3.90. The highest BCUT2D eigenvalue weighted by Gasteiger charge is 2.13. The topological polar surface area (TPSA) is 4.93 Å². The lowest BCUT2D eigenvalue weighted by Crippen LogP contribution is -2.04. The largest absolute Gasteiger partial charge is 0.339 e. The van der Waals surface area contributed by atoms with Gasteiger partial charge in [-0.15, -0.1) is 6.58 Å². The van der Waals surface area contributed by atoms with Crippen molar-refractivity contribution in [3.05, 3.63) is 82.1 Å². The zero-order valence-electron chi connectivity index (χ0n) is 11.2. The minimum atomic E-state index is 0.903. The maximum atomic E-state index is 3.90. The second kappa shape index (κ2) is 5.83. The third-order valence-electron chi connectivity index (χ3n) is 3.53. The molecule has 0 atom stereocenters. The van der Waals surface area contributed by atoms with Crippen LogP contribution >= 0.6 is 22.6 Å². The first-order chi connectivity index (χ1) is 9.81. The summed E-state index contributed by atoms with van der Waals surface area (Å²) < 4.78 is 3.75. The molecule has 0 radical (unpaired) electrons. The van der Waals surface area contributed by atoms with Crippen LogP contribution in [-0.4, -0.2) is 4.57 Å². The lowest BCUT2D eigenvalue weighted by atomic mass is 10.2. The van der Waals surface area contributed by atoms with Crippen LogP contribution in [0, 0.1) is 3.57 Å². The third-order valence-corrected chi connectivity index (χ3v) is 4.74. The number of nitrogens with zero attached hydrogens (tertiary/aromatic N) is 1. The van der Waals surface area contributed by atoms with Crippen molar-refractivity contribution in [3.8, 4) is 0 Å². The molecule has 0 aliphatic rings. The number of halogens is 1. The summed E-state index contributed by atoms with van der Waals surface area (Å²) in [6.45, 7) is 4.81. The highest BCUT2D eigenvalue weighted by Crippen LogP contribution is 2.29. The summed E-state index contributed by atoms with van der Waals surface area (Å²) >= 11 is 2.46. The van der Waals surface area contributed by atoms with Crippen LogP contribution in [0.2, 0.25) is 0 Å². The fourth-order valence-electron chi connectivity index (χ4n) is 2.60. The summed E-state index contributed by atoms with van der Waals surface area (Å²) in [6.07, 6.45) is 2.89. The van der Waals surface area contributed by atoms with Gasteiger partial charge in [0.05, 0.1) is 0 Å². The molecule has 3 rings (SSSR count). The van der Waals surface area contributed by atoms with Crippen molar-refractivity contribution in [1.82, 2.24) is 4.57 Å². The van der Waals surface area contributed by atoms with Gasteiger partial charge in [-0.2, -0.15) is 0 Å². The van der Waals surface area contributed by atoms with Crippen LogP contribution in [0.1, 0.15) is 11.3 Å². The summed E-state index contributed by atoms with van der Waals surface area (Å²) in [5.41, 5.74) is 3.98. The van der Waals surface area contributed by atoms with Gasteiger partial charge in [-0.25, -0.2) is 0 Å². The van der Waals surface area contributed by atoms with Gasteiger partial charge in [0.2, 0.25) is 0 Å². The van der Waals surface area contributed by atoms with Crippen molar-refractivity contribution in [3.63, 3.8) is 0 Å². The van der Waals surface area contributed by atoms with Crippen molar-refractivity contribution in [2.24, 2.45) is 0 Å². The molecule has 3 aromatic rings. The highest BCUT2D eigenvalue weighted by molar-refractivity contribution is 14.1. The van der Waals surface area contributed by atoms with Gasteiger partial charge in [-0.1, -0.05) is 54.6 Å². The van der Waals surface area contributed by atoms with Gasteiger partial charge in [-0.05, 0) is 34.2 Å². The molecule has 0 spiro atoms. The Morgan fingerprint density at radius 2 is 1.70 bits per heavy atom. The molecule has 0 saturated carbocycles. The van der Waals surface area contributed by atoms with Crippen molar-refractivity contribution in [2.75, 3.05) is 0 Å². The Morgan fingerprint density at radius 1 is 1.00 bits per heavy atom. The normalized spacial score (nSPS) is 10.8. The Labute approximate surface area is 133 Å². The molecule has 100 valence electrons. The van der Waals surface area contributed by atoms with E-state index in [0.717, 1.165) is 13.0 Å². The number of allylic oxidation sites excluding steroid dienone is 1. The summed E-state index contributed by atoms with van der Waals surface area (Å²) in [7, 11) is 0. The molecule has 20 heavy (non-hydrogen) atoms. The second-order valence-corrected chi connectivity index (χ2v) is 5.92. The standard InChI is InChI=1S/C18H16IN/c1-2-8-17-18(19)15-11-6-7-12-16(15)20(17)13-14-9-4-3-5-10-14/h2-7,9-12H,1,8,13H2. The van der Waals surface area contributed by atoms with Crippen LogP contribution in [0.25, 0.3) is 10.9 Å². The van der Waals surface area contributed by atoms with E-state index in [9.17, 15) is 0 Å². The molecule has 1 nitrogen and oxygen atoms in total. The molecule has 0 saturated heterocycles. The molecule has 0 aliphatic heterocycles. The van der Waals surface area contributed by atoms with Crippen molar-refractivity contribution >= 4 is 33.5 Å². The van der Waals surface area contributed by atoms with E-state index in [0.29, 0.717) is 0 Å². The number of rotatable bonds is 4. The Balaban J connectivity index is 2.17. The van der Waals surface area contributed by atoms with Gasteiger partial charge in [0, 0.05) is 33.1 Å². The quantitative estimate of drug-likeness (QED) is 0.447. The lowest BCUT2D eigenvalue weighted by Gasteiger charge is -2.10. The number of benzene rings is 2. The highest BCUT2D eigenvalue weighted by atomic mass is 127. The Morgan fingerprint density at radius 3 is 2.45 bits per heavy atom. The number of fused-ring (bicyclic) bond motifs is 1. The number of hydrogen-bond acceptors (Lipinski definition) is 0. The average Bonchev–Trinajstić information content (AvgIpc) is 2.75. The van der Waals surface area contributed by atoms with Gasteiger partial charge in [-0.3, -0.25) is 0 Å². The molecule has 1 aromatic heterocycles. The Bertz CT molecular complexity index is 741. The van der Waals surface area contributed by atoms with Gasteiger partial charge in [0.15, 0.2) is 0 Å². The Hall–Kier alpha value is -1.55. The van der Waals surface area contributed by atoms with E-state index in [1.807, 2.05) is 6.08 Å². The van der Waals surface area contributed by atoms with Crippen LogP contribution in [0.5, 0.6) is 0 Å². The molecule has 1 heterocycles. The van der Waals surface area contributed by atoms with E-state index >= 15 is 0 Å². The van der Waals surface area contributed by atoms with Crippen LogP contribution in [-0.2, 0) is 13.0 Å². The van der Waals surface area contributed by atoms with Crippen LogP contribution in [0.15, 0.2) is 67.3 Å². The second-order valence-electron chi connectivity index (χ2n) is 4.84. The van der Waals surface area contributed by atoms with Crippen LogP contribution < -0.4 is 0 Å². The van der Waals surface area contributed by atoms with Gasteiger partial charge in [0.1, 0.15) is 0 Å². The van der Waals surface area contributed by atoms with Gasteiger partial charge in [0.25, 0.3) is 0 Å². The number of hydrogen-bond donors (Lipinski definition) is 0. The minimum Gasteiger partial charge on any atom is -0.339 e. The first kappa shape index (κ1) is 13.4. The van der Waals surface area contributed by atoms with E-state index < -0.39 is 0 Å².